The predicted molar refractivity (Wildman–Crippen MR) is 67.3 cm³/mol. The van der Waals surface area contributed by atoms with Crippen molar-refractivity contribution >= 4 is 10.8 Å². The third-order valence-corrected chi connectivity index (χ3v) is 3.70. The first-order valence-electron chi connectivity index (χ1n) is 5.33. The van der Waals surface area contributed by atoms with Crippen molar-refractivity contribution in [3.05, 3.63) is 54.0 Å². The quantitative estimate of drug-likeness (QED) is 0.852. The van der Waals surface area contributed by atoms with Gasteiger partial charge >= 0.3 is 0 Å². The molecule has 0 fully saturated rings. The number of halogens is 1. The first-order chi connectivity index (χ1) is 8.69. The summed E-state index contributed by atoms with van der Waals surface area (Å²) >= 11 is 0. The fraction of sp³-hybridized carbons (Fsp3) is 0.154. The Bertz CT molecular complexity index is 557. The van der Waals surface area contributed by atoms with E-state index in [-0.39, 0.29) is 11.6 Å². The lowest BCUT2D eigenvalue weighted by Crippen LogP contribution is -2.00. The van der Waals surface area contributed by atoms with Crippen molar-refractivity contribution in [3.63, 3.8) is 0 Å². The first kappa shape index (κ1) is 12.7. The number of nitrogens with zero attached hydrogens (tertiary/aromatic N) is 1. The number of benzene rings is 1. The number of hydrogen-bond donors (Lipinski definition) is 0. The molecule has 1 aromatic carbocycles. The van der Waals surface area contributed by atoms with Gasteiger partial charge < -0.3 is 4.74 Å². The minimum Gasteiger partial charge on any atom is -0.481 e. The van der Waals surface area contributed by atoms with Crippen LogP contribution < -0.4 is 4.74 Å². The molecule has 0 spiro atoms. The molecule has 2 rings (SSSR count). The Hall–Kier alpha value is -1.75. The summed E-state index contributed by atoms with van der Waals surface area (Å²) in [6.45, 7) is 0. The van der Waals surface area contributed by atoms with Gasteiger partial charge in [-0.2, -0.15) is 0 Å². The minimum atomic E-state index is -1.24. The van der Waals surface area contributed by atoms with E-state index >= 15 is 0 Å². The molecule has 1 aromatic heterocycles. The molecule has 0 aliphatic heterocycles. The summed E-state index contributed by atoms with van der Waals surface area (Å²) in [4.78, 5) is 4.77. The molecule has 0 saturated carbocycles. The number of hydrogen-bond acceptors (Lipinski definition) is 3. The molecule has 0 amide bonds. The van der Waals surface area contributed by atoms with Crippen LogP contribution in [-0.4, -0.2) is 16.3 Å². The van der Waals surface area contributed by atoms with Gasteiger partial charge in [-0.05, 0) is 30.3 Å². The number of methoxy groups -OCH3 is 1. The summed E-state index contributed by atoms with van der Waals surface area (Å²) in [6, 6.07) is 10.9. The molecule has 0 aliphatic rings. The largest absolute Gasteiger partial charge is 0.481 e. The molecule has 1 unspecified atom stereocenters. The van der Waals surface area contributed by atoms with Gasteiger partial charge in [-0.3, -0.25) is 4.21 Å². The lowest BCUT2D eigenvalue weighted by atomic mass is 10.3. The van der Waals surface area contributed by atoms with Crippen molar-refractivity contribution in [2.75, 3.05) is 7.11 Å². The number of pyridine rings is 1. The zero-order valence-electron chi connectivity index (χ0n) is 9.80. The molecule has 94 valence electrons. The van der Waals surface area contributed by atoms with Gasteiger partial charge in [-0.1, -0.05) is 6.07 Å². The van der Waals surface area contributed by atoms with Crippen LogP contribution in [0.15, 0.2) is 47.4 Å². The van der Waals surface area contributed by atoms with Crippen molar-refractivity contribution < 1.29 is 13.3 Å². The Balaban J connectivity index is 2.13. The molecule has 2 aromatic rings. The maximum absolute atomic E-state index is 12.7. The lowest BCUT2D eigenvalue weighted by molar-refractivity contribution is 0.397. The highest BCUT2D eigenvalue weighted by atomic mass is 32.2. The maximum atomic E-state index is 12.7. The number of ether oxygens (including phenoxy) is 1. The number of rotatable bonds is 4. The highest BCUT2D eigenvalue weighted by molar-refractivity contribution is 7.84. The molecule has 3 nitrogen and oxygen atoms in total. The summed E-state index contributed by atoms with van der Waals surface area (Å²) < 4.78 is 29.8. The monoisotopic (exact) mass is 265 g/mol. The molecule has 1 atom stereocenters. The normalized spacial score (nSPS) is 12.1. The van der Waals surface area contributed by atoms with Gasteiger partial charge in [0.15, 0.2) is 0 Å². The second kappa shape index (κ2) is 5.73. The molecular weight excluding hydrogens is 253 g/mol. The SMILES string of the molecule is COc1cccc(CS(=O)c2ccc(F)cc2)n1. The van der Waals surface area contributed by atoms with Crippen molar-refractivity contribution in [2.24, 2.45) is 0 Å². The van der Waals surface area contributed by atoms with E-state index in [1.807, 2.05) is 0 Å². The van der Waals surface area contributed by atoms with Gasteiger partial charge in [0.2, 0.25) is 5.88 Å². The van der Waals surface area contributed by atoms with Gasteiger partial charge in [-0.25, -0.2) is 9.37 Å². The summed E-state index contributed by atoms with van der Waals surface area (Å²) in [5, 5.41) is 0. The summed E-state index contributed by atoms with van der Waals surface area (Å²) in [5.41, 5.74) is 0.678. The molecule has 0 bridgehead atoms. The summed E-state index contributed by atoms with van der Waals surface area (Å²) in [6.07, 6.45) is 0. The van der Waals surface area contributed by atoms with Crippen molar-refractivity contribution in [3.8, 4) is 5.88 Å². The van der Waals surface area contributed by atoms with Gasteiger partial charge in [0.1, 0.15) is 5.82 Å². The van der Waals surface area contributed by atoms with Crippen LogP contribution >= 0.6 is 0 Å². The molecular formula is C13H12FNO2S. The zero-order chi connectivity index (χ0) is 13.0. The summed E-state index contributed by atoms with van der Waals surface area (Å²) in [5.74, 6) is 0.432. The first-order valence-corrected chi connectivity index (χ1v) is 6.65. The van der Waals surface area contributed by atoms with Crippen molar-refractivity contribution in [1.82, 2.24) is 4.98 Å². The Morgan fingerprint density at radius 1 is 1.22 bits per heavy atom. The van der Waals surface area contributed by atoms with E-state index in [1.54, 1.807) is 18.2 Å². The van der Waals surface area contributed by atoms with Gasteiger partial charge in [0.05, 0.1) is 29.4 Å². The van der Waals surface area contributed by atoms with Crippen LogP contribution in [-0.2, 0) is 16.6 Å². The second-order valence-electron chi connectivity index (χ2n) is 3.62. The smallest absolute Gasteiger partial charge is 0.213 e. The highest BCUT2D eigenvalue weighted by Crippen LogP contribution is 2.14. The Morgan fingerprint density at radius 2 is 1.94 bits per heavy atom. The fourth-order valence-corrected chi connectivity index (χ4v) is 2.49. The highest BCUT2D eigenvalue weighted by Gasteiger charge is 2.07. The van der Waals surface area contributed by atoms with Gasteiger partial charge in [0, 0.05) is 11.0 Å². The molecule has 0 saturated heterocycles. The van der Waals surface area contributed by atoms with Crippen LogP contribution in [0.1, 0.15) is 5.69 Å². The zero-order valence-corrected chi connectivity index (χ0v) is 10.6. The Kier molecular flexibility index (Phi) is 4.04. The molecule has 1 heterocycles. The van der Waals surface area contributed by atoms with E-state index in [2.05, 4.69) is 4.98 Å². The van der Waals surface area contributed by atoms with E-state index in [0.29, 0.717) is 16.5 Å². The van der Waals surface area contributed by atoms with Crippen molar-refractivity contribution in [1.29, 1.82) is 0 Å². The second-order valence-corrected chi connectivity index (χ2v) is 5.07. The predicted octanol–water partition coefficient (Wildman–Crippen LogP) is 2.54. The standard InChI is InChI=1S/C13H12FNO2S/c1-17-13-4-2-3-11(15-13)9-18(16)12-7-5-10(14)6-8-12/h2-8H,9H2,1H3. The average molecular weight is 265 g/mol. The van der Waals surface area contributed by atoms with Crippen LogP contribution in [0.3, 0.4) is 0 Å². The van der Waals surface area contributed by atoms with Crippen LogP contribution in [0.4, 0.5) is 4.39 Å². The van der Waals surface area contributed by atoms with E-state index in [4.69, 9.17) is 4.74 Å². The molecule has 0 radical (unpaired) electrons. The van der Waals surface area contributed by atoms with E-state index in [9.17, 15) is 8.60 Å². The van der Waals surface area contributed by atoms with E-state index < -0.39 is 10.8 Å². The van der Waals surface area contributed by atoms with Crippen LogP contribution in [0.25, 0.3) is 0 Å². The Morgan fingerprint density at radius 3 is 2.61 bits per heavy atom. The van der Waals surface area contributed by atoms with E-state index in [0.717, 1.165) is 0 Å². The van der Waals surface area contributed by atoms with Gasteiger partial charge in [-0.15, -0.1) is 0 Å². The molecule has 0 aliphatic carbocycles. The molecule has 5 heteroatoms. The third-order valence-electron chi connectivity index (χ3n) is 2.35. The maximum Gasteiger partial charge on any atom is 0.213 e. The van der Waals surface area contributed by atoms with Crippen molar-refractivity contribution in [2.45, 2.75) is 10.6 Å². The minimum absolute atomic E-state index is 0.281. The molecule has 0 N–H and O–H groups in total. The average Bonchev–Trinajstić information content (AvgIpc) is 2.39. The lowest BCUT2D eigenvalue weighted by Gasteiger charge is -2.04. The van der Waals surface area contributed by atoms with Crippen LogP contribution in [0.2, 0.25) is 0 Å². The fourth-order valence-electron chi connectivity index (χ4n) is 1.46. The number of aromatic nitrogens is 1. The van der Waals surface area contributed by atoms with E-state index in [1.165, 1.54) is 31.4 Å². The third kappa shape index (κ3) is 3.13. The topological polar surface area (TPSA) is 39.2 Å². The Labute approximate surface area is 107 Å². The summed E-state index contributed by atoms with van der Waals surface area (Å²) in [7, 11) is 0.293. The van der Waals surface area contributed by atoms with Crippen LogP contribution in [0.5, 0.6) is 5.88 Å². The molecule has 18 heavy (non-hydrogen) atoms. The van der Waals surface area contributed by atoms with Crippen LogP contribution in [0, 0.1) is 5.82 Å². The van der Waals surface area contributed by atoms with Gasteiger partial charge in [0.25, 0.3) is 0 Å².